The number of sulfonamides is 1. The lowest BCUT2D eigenvalue weighted by atomic mass is 10.3. The van der Waals surface area contributed by atoms with Crippen LogP contribution in [0.15, 0.2) is 29.2 Å². The van der Waals surface area contributed by atoms with Gasteiger partial charge in [0.2, 0.25) is 10.0 Å². The van der Waals surface area contributed by atoms with Crippen molar-refractivity contribution in [3.05, 3.63) is 24.3 Å². The lowest BCUT2D eigenvalue weighted by Gasteiger charge is -2.16. The van der Waals surface area contributed by atoms with Gasteiger partial charge in [-0.1, -0.05) is 0 Å². The van der Waals surface area contributed by atoms with Gasteiger partial charge in [-0.05, 0) is 65.3 Å². The van der Waals surface area contributed by atoms with Crippen LogP contribution >= 0.6 is 0 Å². The lowest BCUT2D eigenvalue weighted by molar-refractivity contribution is -0.127. The summed E-state index contributed by atoms with van der Waals surface area (Å²) in [6.07, 6.45) is 0.0595. The number of benzene rings is 1. The van der Waals surface area contributed by atoms with Gasteiger partial charge in [0.05, 0.1) is 11.0 Å². The molecular weight excluding hydrogens is 356 g/mol. The van der Waals surface area contributed by atoms with E-state index in [9.17, 15) is 13.2 Å². The van der Waals surface area contributed by atoms with E-state index in [0.29, 0.717) is 25.3 Å². The Morgan fingerprint density at radius 1 is 1.08 bits per heavy atom. The van der Waals surface area contributed by atoms with Crippen LogP contribution < -0.4 is 14.8 Å². The van der Waals surface area contributed by atoms with E-state index in [-0.39, 0.29) is 22.9 Å². The van der Waals surface area contributed by atoms with Gasteiger partial charge in [0.1, 0.15) is 5.75 Å². The fraction of sp³-hybridized carbons (Fsp3) is 0.611. The second kappa shape index (κ2) is 10.5. The van der Waals surface area contributed by atoms with Crippen molar-refractivity contribution in [3.8, 4) is 5.75 Å². The second-order valence-electron chi connectivity index (χ2n) is 6.57. The summed E-state index contributed by atoms with van der Waals surface area (Å²) in [4.78, 5) is 12.0. The van der Waals surface area contributed by atoms with E-state index in [1.807, 2.05) is 27.7 Å². The Labute approximate surface area is 156 Å². The van der Waals surface area contributed by atoms with Crippen LogP contribution in [0, 0.1) is 0 Å². The first-order chi connectivity index (χ1) is 12.1. The minimum absolute atomic E-state index is 0.0260. The molecule has 7 nitrogen and oxygen atoms in total. The zero-order valence-electron chi connectivity index (χ0n) is 16.1. The average molecular weight is 387 g/mol. The zero-order valence-corrected chi connectivity index (χ0v) is 16.9. The highest BCUT2D eigenvalue weighted by Crippen LogP contribution is 2.17. The molecule has 0 radical (unpaired) electrons. The van der Waals surface area contributed by atoms with Crippen LogP contribution in [0.25, 0.3) is 0 Å². The Kier molecular flexibility index (Phi) is 9.04. The molecule has 8 heteroatoms. The Morgan fingerprint density at radius 3 is 2.23 bits per heavy atom. The SMILES string of the molecule is CC(C)NC(=O)[C@@H](C)Oc1ccc(S(=O)(=O)NCCCOC(C)C)cc1. The molecule has 1 aromatic carbocycles. The molecule has 0 aliphatic rings. The van der Waals surface area contributed by atoms with E-state index >= 15 is 0 Å². The van der Waals surface area contributed by atoms with Gasteiger partial charge < -0.3 is 14.8 Å². The highest BCUT2D eigenvalue weighted by Gasteiger charge is 2.17. The summed E-state index contributed by atoms with van der Waals surface area (Å²) in [5, 5.41) is 2.76. The predicted octanol–water partition coefficient (Wildman–Crippen LogP) is 2.07. The monoisotopic (exact) mass is 386 g/mol. The molecular formula is C18H30N2O5S. The first-order valence-electron chi connectivity index (χ1n) is 8.80. The van der Waals surface area contributed by atoms with Gasteiger partial charge in [0, 0.05) is 19.2 Å². The number of carbonyl (C=O) groups is 1. The molecule has 1 atom stereocenters. The van der Waals surface area contributed by atoms with Crippen LogP contribution in [0.2, 0.25) is 0 Å². The summed E-state index contributed by atoms with van der Waals surface area (Å²) in [6.45, 7) is 10.0. The number of hydrogen-bond acceptors (Lipinski definition) is 5. The van der Waals surface area contributed by atoms with E-state index in [2.05, 4.69) is 10.0 Å². The fourth-order valence-corrected chi connectivity index (χ4v) is 3.11. The number of nitrogens with one attached hydrogen (secondary N) is 2. The number of amides is 1. The van der Waals surface area contributed by atoms with Crippen molar-refractivity contribution in [1.29, 1.82) is 0 Å². The maximum atomic E-state index is 12.2. The van der Waals surface area contributed by atoms with Crippen LogP contribution in [-0.2, 0) is 19.6 Å². The molecule has 0 aliphatic heterocycles. The zero-order chi connectivity index (χ0) is 19.7. The first-order valence-corrected chi connectivity index (χ1v) is 10.3. The average Bonchev–Trinajstić information content (AvgIpc) is 2.54. The standard InChI is InChI=1S/C18H30N2O5S/c1-13(2)20-18(21)15(5)25-16-7-9-17(10-8-16)26(22,23)19-11-6-12-24-14(3)4/h7-10,13-15,19H,6,11-12H2,1-5H3,(H,20,21)/t15-/m1/s1. The smallest absolute Gasteiger partial charge is 0.260 e. The van der Waals surface area contributed by atoms with Crippen LogP contribution in [0.1, 0.15) is 41.0 Å². The summed E-state index contributed by atoms with van der Waals surface area (Å²) < 4.78 is 37.9. The van der Waals surface area contributed by atoms with Gasteiger partial charge in [-0.15, -0.1) is 0 Å². The van der Waals surface area contributed by atoms with Gasteiger partial charge in [-0.25, -0.2) is 13.1 Å². The first kappa shape index (κ1) is 22.4. The van der Waals surface area contributed by atoms with Crippen LogP contribution in [0.5, 0.6) is 5.75 Å². The number of ether oxygens (including phenoxy) is 2. The largest absolute Gasteiger partial charge is 0.481 e. The Morgan fingerprint density at radius 2 is 1.69 bits per heavy atom. The Hall–Kier alpha value is -1.64. The van der Waals surface area contributed by atoms with Crippen molar-refractivity contribution in [1.82, 2.24) is 10.0 Å². The molecule has 2 N–H and O–H groups in total. The van der Waals surface area contributed by atoms with Gasteiger partial charge in [0.15, 0.2) is 6.10 Å². The quantitative estimate of drug-likeness (QED) is 0.568. The van der Waals surface area contributed by atoms with E-state index in [1.54, 1.807) is 6.92 Å². The second-order valence-corrected chi connectivity index (χ2v) is 8.33. The minimum atomic E-state index is -3.58. The molecule has 26 heavy (non-hydrogen) atoms. The number of carbonyl (C=O) groups excluding carboxylic acids is 1. The molecule has 0 bridgehead atoms. The molecule has 0 saturated heterocycles. The molecule has 0 heterocycles. The molecule has 1 amide bonds. The molecule has 1 rings (SSSR count). The third kappa shape index (κ3) is 8.16. The lowest BCUT2D eigenvalue weighted by Crippen LogP contribution is -2.40. The molecule has 0 aromatic heterocycles. The van der Waals surface area contributed by atoms with Gasteiger partial charge in [-0.2, -0.15) is 0 Å². The third-order valence-corrected chi connectivity index (χ3v) is 4.79. The van der Waals surface area contributed by atoms with E-state index < -0.39 is 16.1 Å². The van der Waals surface area contributed by atoms with E-state index in [0.717, 1.165) is 0 Å². The molecule has 0 fully saturated rings. The predicted molar refractivity (Wildman–Crippen MR) is 101 cm³/mol. The highest BCUT2D eigenvalue weighted by molar-refractivity contribution is 7.89. The van der Waals surface area contributed by atoms with Crippen molar-refractivity contribution >= 4 is 15.9 Å². The number of hydrogen-bond donors (Lipinski definition) is 2. The van der Waals surface area contributed by atoms with Gasteiger partial charge in [-0.3, -0.25) is 4.79 Å². The molecule has 0 unspecified atom stereocenters. The maximum Gasteiger partial charge on any atom is 0.260 e. The van der Waals surface area contributed by atoms with Crippen molar-refractivity contribution < 1.29 is 22.7 Å². The summed E-state index contributed by atoms with van der Waals surface area (Å²) in [7, 11) is -3.58. The fourth-order valence-electron chi connectivity index (χ4n) is 2.04. The van der Waals surface area contributed by atoms with Crippen LogP contribution in [0.3, 0.4) is 0 Å². The van der Waals surface area contributed by atoms with Crippen LogP contribution in [0.4, 0.5) is 0 Å². The van der Waals surface area contributed by atoms with E-state index in [4.69, 9.17) is 9.47 Å². The highest BCUT2D eigenvalue weighted by atomic mass is 32.2. The summed E-state index contributed by atoms with van der Waals surface area (Å²) >= 11 is 0. The van der Waals surface area contributed by atoms with Crippen molar-refractivity contribution in [3.63, 3.8) is 0 Å². The number of rotatable bonds is 11. The summed E-state index contributed by atoms with van der Waals surface area (Å²) in [5.74, 6) is 0.211. The summed E-state index contributed by atoms with van der Waals surface area (Å²) in [5.41, 5.74) is 0. The third-order valence-electron chi connectivity index (χ3n) is 3.31. The van der Waals surface area contributed by atoms with Gasteiger partial charge >= 0.3 is 0 Å². The molecule has 0 saturated carbocycles. The molecule has 0 spiro atoms. The molecule has 1 aromatic rings. The van der Waals surface area contributed by atoms with Crippen molar-refractivity contribution in [2.24, 2.45) is 0 Å². The van der Waals surface area contributed by atoms with E-state index in [1.165, 1.54) is 24.3 Å². The minimum Gasteiger partial charge on any atom is -0.481 e. The van der Waals surface area contributed by atoms with Crippen molar-refractivity contribution in [2.75, 3.05) is 13.2 Å². The Bertz CT molecular complexity index is 657. The molecule has 0 aliphatic carbocycles. The normalized spacial score (nSPS) is 13.0. The van der Waals surface area contributed by atoms with Crippen molar-refractivity contribution in [2.45, 2.75) is 64.2 Å². The summed E-state index contributed by atoms with van der Waals surface area (Å²) in [6, 6.07) is 6.01. The maximum absolute atomic E-state index is 12.2. The molecule has 148 valence electrons. The van der Waals surface area contributed by atoms with Crippen LogP contribution in [-0.4, -0.2) is 45.7 Å². The van der Waals surface area contributed by atoms with Gasteiger partial charge in [0.25, 0.3) is 5.91 Å². The Balaban J connectivity index is 2.56. The topological polar surface area (TPSA) is 93.7 Å².